The van der Waals surface area contributed by atoms with E-state index in [9.17, 15) is 10.2 Å². The highest BCUT2D eigenvalue weighted by Gasteiger charge is 2.17. The molecule has 0 fully saturated rings. The van der Waals surface area contributed by atoms with Crippen molar-refractivity contribution in [2.45, 2.75) is 19.4 Å². The molecule has 4 heteroatoms. The Morgan fingerprint density at radius 2 is 1.69 bits per heavy atom. The summed E-state index contributed by atoms with van der Waals surface area (Å²) < 4.78 is 0. The summed E-state index contributed by atoms with van der Waals surface area (Å²) in [4.78, 5) is 0. The first kappa shape index (κ1) is 9.67. The van der Waals surface area contributed by atoms with Crippen molar-refractivity contribution < 1.29 is 21.1 Å². The second kappa shape index (κ2) is 3.53. The summed E-state index contributed by atoms with van der Waals surface area (Å²) in [6.07, 6.45) is 0.714. The Labute approximate surface area is 76.2 Å². The van der Waals surface area contributed by atoms with Crippen molar-refractivity contribution in [1.82, 2.24) is 0 Å². The van der Waals surface area contributed by atoms with Gasteiger partial charge in [-0.1, -0.05) is 6.92 Å². The first-order valence-corrected chi connectivity index (χ1v) is 4.14. The zero-order chi connectivity index (χ0) is 10.0. The third-order valence-electron chi connectivity index (χ3n) is 2.02. The van der Waals surface area contributed by atoms with Gasteiger partial charge in [0.15, 0.2) is 0 Å². The highest BCUT2D eigenvalue weighted by atomic mass is 16.3. The van der Waals surface area contributed by atoms with E-state index >= 15 is 0 Å². The summed E-state index contributed by atoms with van der Waals surface area (Å²) in [7, 11) is 0. The number of quaternary nitrogens is 1. The average molecular weight is 184 g/mol. The SMILES string of the molecule is CCC([NH3+])c1c(O)cc(O)cc1O. The van der Waals surface area contributed by atoms with Crippen LogP contribution in [0.1, 0.15) is 24.9 Å². The molecule has 1 aromatic carbocycles. The summed E-state index contributed by atoms with van der Waals surface area (Å²) in [5.41, 5.74) is 4.17. The normalized spacial score (nSPS) is 12.8. The number of hydrogen-bond donors (Lipinski definition) is 4. The topological polar surface area (TPSA) is 88.3 Å². The van der Waals surface area contributed by atoms with Gasteiger partial charge in [-0.2, -0.15) is 0 Å². The zero-order valence-corrected chi connectivity index (χ0v) is 7.49. The molecule has 1 rings (SSSR count). The highest BCUT2D eigenvalue weighted by molar-refractivity contribution is 5.49. The number of hydrogen-bond acceptors (Lipinski definition) is 3. The van der Waals surface area contributed by atoms with Crippen molar-refractivity contribution in [3.05, 3.63) is 17.7 Å². The van der Waals surface area contributed by atoms with Crippen molar-refractivity contribution in [3.8, 4) is 17.2 Å². The molecule has 0 spiro atoms. The van der Waals surface area contributed by atoms with Crippen LogP contribution in [0.4, 0.5) is 0 Å². The molecule has 72 valence electrons. The van der Waals surface area contributed by atoms with E-state index in [4.69, 9.17) is 5.11 Å². The van der Waals surface area contributed by atoms with Gasteiger partial charge in [-0.05, 0) is 0 Å². The molecular weight excluding hydrogens is 170 g/mol. The minimum Gasteiger partial charge on any atom is -0.508 e. The molecule has 0 radical (unpaired) electrons. The Kier molecular flexibility index (Phi) is 2.63. The molecule has 13 heavy (non-hydrogen) atoms. The Hall–Kier alpha value is -1.42. The van der Waals surface area contributed by atoms with Crippen LogP contribution in [0.15, 0.2) is 12.1 Å². The van der Waals surface area contributed by atoms with Crippen LogP contribution in [-0.4, -0.2) is 15.3 Å². The highest BCUT2D eigenvalue weighted by Crippen LogP contribution is 2.35. The van der Waals surface area contributed by atoms with Crippen molar-refractivity contribution >= 4 is 0 Å². The van der Waals surface area contributed by atoms with Gasteiger partial charge < -0.3 is 21.1 Å². The number of phenols is 3. The molecule has 0 heterocycles. The first-order valence-electron chi connectivity index (χ1n) is 4.14. The van der Waals surface area contributed by atoms with E-state index in [-0.39, 0.29) is 23.3 Å². The van der Waals surface area contributed by atoms with Crippen molar-refractivity contribution in [3.63, 3.8) is 0 Å². The molecule has 0 aliphatic heterocycles. The van der Waals surface area contributed by atoms with Gasteiger partial charge in [0.1, 0.15) is 23.3 Å². The maximum atomic E-state index is 9.41. The van der Waals surface area contributed by atoms with Crippen LogP contribution >= 0.6 is 0 Å². The third-order valence-corrected chi connectivity index (χ3v) is 2.02. The van der Waals surface area contributed by atoms with E-state index in [0.29, 0.717) is 12.0 Å². The average Bonchev–Trinajstić information content (AvgIpc) is 2.02. The van der Waals surface area contributed by atoms with Crippen LogP contribution < -0.4 is 5.73 Å². The van der Waals surface area contributed by atoms with E-state index < -0.39 is 0 Å². The quantitative estimate of drug-likeness (QED) is 0.539. The van der Waals surface area contributed by atoms with E-state index in [1.165, 1.54) is 12.1 Å². The molecular formula is C9H14NO3+. The largest absolute Gasteiger partial charge is 0.508 e. The lowest BCUT2D eigenvalue weighted by molar-refractivity contribution is -0.427. The van der Waals surface area contributed by atoms with Crippen LogP contribution in [0.3, 0.4) is 0 Å². The summed E-state index contributed by atoms with van der Waals surface area (Å²) in [5, 5.41) is 27.9. The molecule has 0 amide bonds. The van der Waals surface area contributed by atoms with Gasteiger partial charge >= 0.3 is 0 Å². The number of benzene rings is 1. The Morgan fingerprint density at radius 3 is 2.08 bits per heavy atom. The number of phenolic OH excluding ortho intramolecular Hbond substituents is 3. The Balaban J connectivity index is 3.20. The van der Waals surface area contributed by atoms with E-state index in [2.05, 4.69) is 5.73 Å². The fourth-order valence-electron chi connectivity index (χ4n) is 1.23. The molecule has 0 aromatic heterocycles. The second-order valence-electron chi connectivity index (χ2n) is 3.00. The molecule has 0 aliphatic rings. The molecule has 1 atom stereocenters. The minimum absolute atomic E-state index is 0.112. The summed E-state index contributed by atoms with van der Waals surface area (Å²) in [6.45, 7) is 1.91. The lowest BCUT2D eigenvalue weighted by Crippen LogP contribution is -2.53. The predicted octanol–water partition coefficient (Wildman–Crippen LogP) is 0.496. The van der Waals surface area contributed by atoms with Crippen LogP contribution in [0.5, 0.6) is 17.2 Å². The molecule has 0 saturated heterocycles. The Morgan fingerprint density at radius 1 is 1.23 bits per heavy atom. The van der Waals surface area contributed by atoms with Gasteiger partial charge in [-0.25, -0.2) is 0 Å². The monoisotopic (exact) mass is 184 g/mol. The Bertz CT molecular complexity index is 289. The lowest BCUT2D eigenvalue weighted by atomic mass is 10.0. The smallest absolute Gasteiger partial charge is 0.132 e. The van der Waals surface area contributed by atoms with Gasteiger partial charge in [-0.15, -0.1) is 0 Å². The second-order valence-corrected chi connectivity index (χ2v) is 3.00. The predicted molar refractivity (Wildman–Crippen MR) is 47.4 cm³/mol. The van der Waals surface area contributed by atoms with Gasteiger partial charge in [0.25, 0.3) is 0 Å². The number of aromatic hydroxyl groups is 3. The standard InChI is InChI=1S/C9H13NO3/c1-2-6(10)9-7(12)3-5(11)4-8(9)13/h3-4,6,11-13H,2,10H2,1H3/p+1. The fraction of sp³-hybridized carbons (Fsp3) is 0.333. The molecule has 0 aliphatic carbocycles. The summed E-state index contributed by atoms with van der Waals surface area (Å²) >= 11 is 0. The third kappa shape index (κ3) is 1.84. The van der Waals surface area contributed by atoms with Crippen LogP contribution in [0.2, 0.25) is 0 Å². The van der Waals surface area contributed by atoms with E-state index in [0.717, 1.165) is 0 Å². The number of rotatable bonds is 2. The zero-order valence-electron chi connectivity index (χ0n) is 7.49. The molecule has 6 N–H and O–H groups in total. The van der Waals surface area contributed by atoms with E-state index in [1.54, 1.807) is 0 Å². The lowest BCUT2D eigenvalue weighted by Gasteiger charge is -2.10. The fourth-order valence-corrected chi connectivity index (χ4v) is 1.23. The maximum Gasteiger partial charge on any atom is 0.132 e. The van der Waals surface area contributed by atoms with Gasteiger partial charge in [0.05, 0.1) is 5.56 Å². The molecule has 0 bridgehead atoms. The van der Waals surface area contributed by atoms with Crippen LogP contribution in [0.25, 0.3) is 0 Å². The van der Waals surface area contributed by atoms with Crippen molar-refractivity contribution in [2.24, 2.45) is 0 Å². The molecule has 0 saturated carbocycles. The maximum absolute atomic E-state index is 9.41. The molecule has 1 aromatic rings. The molecule has 4 nitrogen and oxygen atoms in total. The van der Waals surface area contributed by atoms with Crippen molar-refractivity contribution in [1.29, 1.82) is 0 Å². The van der Waals surface area contributed by atoms with Crippen LogP contribution in [-0.2, 0) is 0 Å². The van der Waals surface area contributed by atoms with Crippen molar-refractivity contribution in [2.75, 3.05) is 0 Å². The van der Waals surface area contributed by atoms with Gasteiger partial charge in [-0.3, -0.25) is 0 Å². The van der Waals surface area contributed by atoms with Gasteiger partial charge in [0.2, 0.25) is 0 Å². The first-order chi connectivity index (χ1) is 6.06. The summed E-state index contributed by atoms with van der Waals surface area (Å²) in [6, 6.07) is 2.23. The van der Waals surface area contributed by atoms with Crippen LogP contribution in [0, 0.1) is 0 Å². The van der Waals surface area contributed by atoms with Gasteiger partial charge in [0, 0.05) is 18.6 Å². The summed E-state index contributed by atoms with van der Waals surface area (Å²) in [5.74, 6) is -0.374. The molecule has 1 unspecified atom stereocenters. The minimum atomic E-state index is -0.166. The van der Waals surface area contributed by atoms with E-state index in [1.807, 2.05) is 6.92 Å².